The third kappa shape index (κ3) is 3.17. The van der Waals surface area contributed by atoms with Crippen molar-refractivity contribution >= 4 is 11.6 Å². The van der Waals surface area contributed by atoms with Crippen molar-refractivity contribution in [3.63, 3.8) is 0 Å². The summed E-state index contributed by atoms with van der Waals surface area (Å²) in [6, 6.07) is 7.61. The van der Waals surface area contributed by atoms with E-state index in [1.807, 2.05) is 45.3 Å². The molecule has 2 unspecified atom stereocenters. The Morgan fingerprint density at radius 3 is 2.90 bits per heavy atom. The Balaban J connectivity index is 2.08. The van der Waals surface area contributed by atoms with Crippen LogP contribution in [0.15, 0.2) is 24.3 Å². The zero-order chi connectivity index (χ0) is 14.8. The molecule has 1 aromatic rings. The van der Waals surface area contributed by atoms with Crippen molar-refractivity contribution in [3.8, 4) is 0 Å². The summed E-state index contributed by atoms with van der Waals surface area (Å²) in [4.78, 5) is 14.5. The van der Waals surface area contributed by atoms with Crippen molar-refractivity contribution in [2.24, 2.45) is 11.1 Å². The highest BCUT2D eigenvalue weighted by Crippen LogP contribution is 2.28. The highest BCUT2D eigenvalue weighted by atomic mass is 16.5. The number of nitrogens with one attached hydrogen (secondary N) is 1. The van der Waals surface area contributed by atoms with E-state index < -0.39 is 5.41 Å². The molecule has 1 aromatic carbocycles. The van der Waals surface area contributed by atoms with Gasteiger partial charge in [0.2, 0.25) is 5.91 Å². The van der Waals surface area contributed by atoms with Crippen molar-refractivity contribution < 1.29 is 9.53 Å². The summed E-state index contributed by atoms with van der Waals surface area (Å²) in [7, 11) is 4.03. The SMILES string of the molecule is CN(C)Cc1cccc(NC(=O)C2(C)COCC2N)c1. The fourth-order valence-electron chi connectivity index (χ4n) is 2.31. The highest BCUT2D eigenvalue weighted by molar-refractivity contribution is 5.96. The van der Waals surface area contributed by atoms with Crippen LogP contribution in [0.3, 0.4) is 0 Å². The second-order valence-corrected chi connectivity index (χ2v) is 5.93. The number of amides is 1. The normalized spacial score (nSPS) is 25.9. The molecular weight excluding hydrogens is 254 g/mol. The van der Waals surface area contributed by atoms with Crippen LogP contribution in [-0.4, -0.2) is 44.2 Å². The lowest BCUT2D eigenvalue weighted by Gasteiger charge is -2.25. The van der Waals surface area contributed by atoms with Gasteiger partial charge < -0.3 is 20.7 Å². The lowest BCUT2D eigenvalue weighted by atomic mass is 9.85. The Morgan fingerprint density at radius 1 is 1.55 bits per heavy atom. The lowest BCUT2D eigenvalue weighted by Crippen LogP contribution is -2.47. The van der Waals surface area contributed by atoms with Gasteiger partial charge in [-0.1, -0.05) is 12.1 Å². The number of hydrogen-bond donors (Lipinski definition) is 2. The van der Waals surface area contributed by atoms with Crippen LogP contribution in [-0.2, 0) is 16.1 Å². The maximum atomic E-state index is 12.4. The van der Waals surface area contributed by atoms with E-state index in [-0.39, 0.29) is 11.9 Å². The van der Waals surface area contributed by atoms with Gasteiger partial charge in [-0.3, -0.25) is 4.79 Å². The van der Waals surface area contributed by atoms with Gasteiger partial charge >= 0.3 is 0 Å². The average Bonchev–Trinajstić information content (AvgIpc) is 2.70. The average molecular weight is 277 g/mol. The van der Waals surface area contributed by atoms with Crippen molar-refractivity contribution in [1.82, 2.24) is 4.90 Å². The summed E-state index contributed by atoms with van der Waals surface area (Å²) in [6.07, 6.45) is 0. The molecule has 1 aliphatic heterocycles. The van der Waals surface area contributed by atoms with E-state index in [4.69, 9.17) is 10.5 Å². The fraction of sp³-hybridized carbons (Fsp3) is 0.533. The van der Waals surface area contributed by atoms with Crippen molar-refractivity contribution in [1.29, 1.82) is 0 Å². The van der Waals surface area contributed by atoms with Crippen LogP contribution in [0.5, 0.6) is 0 Å². The molecular formula is C15H23N3O2. The molecule has 0 bridgehead atoms. The fourth-order valence-corrected chi connectivity index (χ4v) is 2.31. The smallest absolute Gasteiger partial charge is 0.234 e. The standard InChI is InChI=1S/C15H23N3O2/c1-15(10-20-9-13(15)16)14(19)17-12-6-4-5-11(7-12)8-18(2)3/h4-7,13H,8-10,16H2,1-3H3,(H,17,19). The zero-order valence-corrected chi connectivity index (χ0v) is 12.3. The molecule has 0 radical (unpaired) electrons. The third-order valence-electron chi connectivity index (χ3n) is 3.72. The van der Waals surface area contributed by atoms with Crippen LogP contribution in [0.4, 0.5) is 5.69 Å². The van der Waals surface area contributed by atoms with Crippen LogP contribution in [0, 0.1) is 5.41 Å². The second-order valence-electron chi connectivity index (χ2n) is 5.93. The number of benzene rings is 1. The number of rotatable bonds is 4. The molecule has 0 aromatic heterocycles. The monoisotopic (exact) mass is 277 g/mol. The maximum Gasteiger partial charge on any atom is 0.234 e. The number of anilines is 1. The molecule has 0 saturated carbocycles. The molecule has 5 nitrogen and oxygen atoms in total. The predicted molar refractivity (Wildman–Crippen MR) is 79.4 cm³/mol. The molecule has 3 N–H and O–H groups in total. The Kier molecular flexibility index (Phi) is 4.42. The quantitative estimate of drug-likeness (QED) is 0.863. The molecule has 2 atom stereocenters. The molecule has 1 aliphatic rings. The van der Waals surface area contributed by atoms with Crippen LogP contribution >= 0.6 is 0 Å². The van der Waals surface area contributed by atoms with Gasteiger partial charge in [-0.05, 0) is 38.7 Å². The van der Waals surface area contributed by atoms with Gasteiger partial charge in [0.15, 0.2) is 0 Å². The molecule has 20 heavy (non-hydrogen) atoms. The second kappa shape index (κ2) is 5.91. The summed E-state index contributed by atoms with van der Waals surface area (Å²) in [6.45, 7) is 3.50. The summed E-state index contributed by atoms with van der Waals surface area (Å²) >= 11 is 0. The van der Waals surface area contributed by atoms with Gasteiger partial charge in [-0.15, -0.1) is 0 Å². The first-order valence-corrected chi connectivity index (χ1v) is 6.80. The Morgan fingerprint density at radius 2 is 2.30 bits per heavy atom. The van der Waals surface area contributed by atoms with E-state index in [9.17, 15) is 4.79 Å². The van der Waals surface area contributed by atoms with Crippen LogP contribution < -0.4 is 11.1 Å². The number of carbonyl (C=O) groups excluding carboxylic acids is 1. The van der Waals surface area contributed by atoms with Gasteiger partial charge in [0, 0.05) is 18.3 Å². The molecule has 0 spiro atoms. The molecule has 5 heteroatoms. The summed E-state index contributed by atoms with van der Waals surface area (Å²) in [5.74, 6) is -0.0792. The Bertz CT molecular complexity index is 490. The van der Waals surface area contributed by atoms with Crippen LogP contribution in [0.25, 0.3) is 0 Å². The molecule has 1 saturated heterocycles. The van der Waals surface area contributed by atoms with E-state index >= 15 is 0 Å². The minimum atomic E-state index is -0.655. The number of hydrogen-bond acceptors (Lipinski definition) is 4. The number of carbonyl (C=O) groups is 1. The Labute approximate surface area is 120 Å². The number of nitrogens with zero attached hydrogens (tertiary/aromatic N) is 1. The van der Waals surface area contributed by atoms with E-state index in [1.54, 1.807) is 0 Å². The predicted octanol–water partition coefficient (Wildman–Crippen LogP) is 1.05. The molecule has 0 aliphatic carbocycles. The molecule has 2 rings (SSSR count). The van der Waals surface area contributed by atoms with Gasteiger partial charge in [-0.25, -0.2) is 0 Å². The van der Waals surface area contributed by atoms with E-state index in [1.165, 1.54) is 0 Å². The number of ether oxygens (including phenoxy) is 1. The van der Waals surface area contributed by atoms with E-state index in [0.717, 1.165) is 17.8 Å². The third-order valence-corrected chi connectivity index (χ3v) is 3.72. The first kappa shape index (κ1) is 15.0. The maximum absolute atomic E-state index is 12.4. The van der Waals surface area contributed by atoms with Crippen LogP contribution in [0.2, 0.25) is 0 Å². The Hall–Kier alpha value is -1.43. The lowest BCUT2D eigenvalue weighted by molar-refractivity contribution is -0.125. The summed E-state index contributed by atoms with van der Waals surface area (Å²) in [5.41, 5.74) is 7.27. The molecule has 1 amide bonds. The topological polar surface area (TPSA) is 67.6 Å². The molecule has 1 fully saturated rings. The zero-order valence-electron chi connectivity index (χ0n) is 12.3. The van der Waals surface area contributed by atoms with Crippen LogP contribution in [0.1, 0.15) is 12.5 Å². The van der Waals surface area contributed by atoms with Gasteiger partial charge in [-0.2, -0.15) is 0 Å². The number of nitrogens with two attached hydrogens (primary N) is 1. The summed E-state index contributed by atoms with van der Waals surface area (Å²) in [5, 5.41) is 2.95. The molecule has 1 heterocycles. The highest BCUT2D eigenvalue weighted by Gasteiger charge is 2.44. The minimum absolute atomic E-state index is 0.0792. The molecule has 110 valence electrons. The van der Waals surface area contributed by atoms with Crippen molar-refractivity contribution in [2.75, 3.05) is 32.6 Å². The summed E-state index contributed by atoms with van der Waals surface area (Å²) < 4.78 is 5.32. The van der Waals surface area contributed by atoms with E-state index in [0.29, 0.717) is 13.2 Å². The first-order valence-electron chi connectivity index (χ1n) is 6.80. The minimum Gasteiger partial charge on any atom is -0.379 e. The largest absolute Gasteiger partial charge is 0.379 e. The van der Waals surface area contributed by atoms with Gasteiger partial charge in [0.25, 0.3) is 0 Å². The van der Waals surface area contributed by atoms with E-state index in [2.05, 4.69) is 10.2 Å². The first-order chi connectivity index (χ1) is 9.41. The van der Waals surface area contributed by atoms with Crippen molar-refractivity contribution in [2.45, 2.75) is 19.5 Å². The van der Waals surface area contributed by atoms with Crippen molar-refractivity contribution in [3.05, 3.63) is 29.8 Å². The van der Waals surface area contributed by atoms with Gasteiger partial charge in [0.05, 0.1) is 18.6 Å². The van der Waals surface area contributed by atoms with Gasteiger partial charge in [0.1, 0.15) is 0 Å².